The number of hydrogen-bond acceptors (Lipinski definition) is 4. The Hall–Kier alpha value is -4.27. The maximum atomic E-state index is 14.3. The lowest BCUT2D eigenvalue weighted by molar-refractivity contribution is 0.101. The van der Waals surface area contributed by atoms with Gasteiger partial charge in [-0.05, 0) is 69.3 Å². The van der Waals surface area contributed by atoms with Crippen molar-refractivity contribution in [3.05, 3.63) is 94.7 Å². The highest BCUT2D eigenvalue weighted by Gasteiger charge is 2.20. The Kier molecular flexibility index (Phi) is 5.78. The van der Waals surface area contributed by atoms with E-state index in [1.54, 1.807) is 37.6 Å². The van der Waals surface area contributed by atoms with Crippen molar-refractivity contribution in [2.45, 2.75) is 20.8 Å². The molecule has 0 saturated heterocycles. The van der Waals surface area contributed by atoms with Gasteiger partial charge in [-0.2, -0.15) is 5.10 Å². The molecule has 0 radical (unpaired) electrons. The summed E-state index contributed by atoms with van der Waals surface area (Å²) in [6, 6.07) is 11.1. The molecule has 0 fully saturated rings. The minimum Gasteiger partial charge on any atom is -0.469 e. The summed E-state index contributed by atoms with van der Waals surface area (Å²) >= 11 is 0. The summed E-state index contributed by atoms with van der Waals surface area (Å²) < 4.78 is 34.2. The maximum absolute atomic E-state index is 14.3. The van der Waals surface area contributed by atoms with Gasteiger partial charge in [-0.1, -0.05) is 0 Å². The quantitative estimate of drug-likeness (QED) is 0.439. The first kappa shape index (κ1) is 21.9. The largest absolute Gasteiger partial charge is 0.469 e. The number of furan rings is 1. The van der Waals surface area contributed by atoms with E-state index in [1.165, 1.54) is 36.6 Å². The van der Waals surface area contributed by atoms with Crippen LogP contribution < -0.4 is 10.6 Å². The molecular weight excluding hydrogens is 430 g/mol. The smallest absolute Gasteiger partial charge is 0.259 e. The van der Waals surface area contributed by atoms with E-state index in [0.717, 1.165) is 6.07 Å². The van der Waals surface area contributed by atoms with E-state index in [2.05, 4.69) is 15.7 Å². The zero-order chi connectivity index (χ0) is 23.7. The first-order valence-electron chi connectivity index (χ1n) is 10.0. The van der Waals surface area contributed by atoms with Crippen LogP contribution in [0.3, 0.4) is 0 Å². The summed E-state index contributed by atoms with van der Waals surface area (Å²) in [6.07, 6.45) is 1.37. The molecule has 0 unspecified atom stereocenters. The van der Waals surface area contributed by atoms with Crippen molar-refractivity contribution >= 4 is 23.2 Å². The second kappa shape index (κ2) is 8.70. The maximum Gasteiger partial charge on any atom is 0.259 e. The molecule has 2 amide bonds. The first-order chi connectivity index (χ1) is 15.7. The Balaban J connectivity index is 1.57. The molecule has 0 aliphatic rings. The van der Waals surface area contributed by atoms with Crippen LogP contribution in [-0.2, 0) is 0 Å². The number of carbonyl (C=O) groups excluding carboxylic acids is 2. The number of rotatable bonds is 5. The summed E-state index contributed by atoms with van der Waals surface area (Å²) in [7, 11) is 0. The van der Waals surface area contributed by atoms with Gasteiger partial charge in [0.15, 0.2) is 0 Å². The summed E-state index contributed by atoms with van der Waals surface area (Å²) in [4.78, 5) is 25.4. The van der Waals surface area contributed by atoms with E-state index in [4.69, 9.17) is 4.42 Å². The van der Waals surface area contributed by atoms with Crippen LogP contribution in [0.25, 0.3) is 5.69 Å². The lowest BCUT2D eigenvalue weighted by Crippen LogP contribution is -2.16. The highest BCUT2D eigenvalue weighted by Crippen LogP contribution is 2.24. The van der Waals surface area contributed by atoms with Gasteiger partial charge < -0.3 is 15.1 Å². The molecule has 2 aromatic carbocycles. The zero-order valence-electron chi connectivity index (χ0n) is 18.1. The van der Waals surface area contributed by atoms with Crippen LogP contribution in [0.5, 0.6) is 0 Å². The van der Waals surface area contributed by atoms with Crippen molar-refractivity contribution < 1.29 is 22.8 Å². The highest BCUT2D eigenvalue weighted by molar-refractivity contribution is 6.07. The van der Waals surface area contributed by atoms with Crippen LogP contribution >= 0.6 is 0 Å². The molecule has 9 heteroatoms. The Morgan fingerprint density at radius 2 is 1.67 bits per heavy atom. The number of aryl methyl sites for hydroxylation is 2. The van der Waals surface area contributed by atoms with Gasteiger partial charge in [0.2, 0.25) is 0 Å². The molecule has 168 valence electrons. The first-order valence-corrected chi connectivity index (χ1v) is 10.0. The number of aromatic nitrogens is 2. The van der Waals surface area contributed by atoms with Crippen molar-refractivity contribution in [2.75, 3.05) is 10.6 Å². The summed E-state index contributed by atoms with van der Waals surface area (Å²) in [5, 5.41) is 9.59. The molecule has 0 aliphatic heterocycles. The molecule has 2 heterocycles. The monoisotopic (exact) mass is 450 g/mol. The molecule has 0 bridgehead atoms. The Labute approximate surface area is 188 Å². The third kappa shape index (κ3) is 4.38. The fourth-order valence-corrected chi connectivity index (χ4v) is 3.51. The minimum absolute atomic E-state index is 0.0890. The summed E-state index contributed by atoms with van der Waals surface area (Å²) in [5.41, 5.74) is 2.45. The van der Waals surface area contributed by atoms with Crippen LogP contribution in [0.2, 0.25) is 0 Å². The van der Waals surface area contributed by atoms with E-state index in [9.17, 15) is 18.4 Å². The van der Waals surface area contributed by atoms with Gasteiger partial charge in [-0.25, -0.2) is 13.5 Å². The second-order valence-electron chi connectivity index (χ2n) is 7.43. The third-order valence-electron chi connectivity index (χ3n) is 5.17. The van der Waals surface area contributed by atoms with Gasteiger partial charge in [-0.3, -0.25) is 9.59 Å². The van der Waals surface area contributed by atoms with E-state index >= 15 is 0 Å². The average molecular weight is 450 g/mol. The minimum atomic E-state index is -0.654. The number of halogens is 2. The third-order valence-corrected chi connectivity index (χ3v) is 5.17. The molecule has 0 spiro atoms. The van der Waals surface area contributed by atoms with Crippen molar-refractivity contribution in [1.29, 1.82) is 0 Å². The average Bonchev–Trinajstić information content (AvgIpc) is 3.33. The van der Waals surface area contributed by atoms with Crippen LogP contribution in [-0.4, -0.2) is 21.6 Å². The fraction of sp³-hybridized carbons (Fsp3) is 0.125. The van der Waals surface area contributed by atoms with Crippen molar-refractivity contribution in [3.8, 4) is 5.69 Å². The van der Waals surface area contributed by atoms with Gasteiger partial charge in [-0.15, -0.1) is 0 Å². The molecule has 4 rings (SSSR count). The Morgan fingerprint density at radius 1 is 0.939 bits per heavy atom. The number of hydrogen-bond donors (Lipinski definition) is 2. The van der Waals surface area contributed by atoms with Crippen molar-refractivity contribution in [2.24, 2.45) is 0 Å². The van der Waals surface area contributed by atoms with E-state index < -0.39 is 17.6 Å². The van der Waals surface area contributed by atoms with Gasteiger partial charge >= 0.3 is 0 Å². The van der Waals surface area contributed by atoms with Gasteiger partial charge in [0.25, 0.3) is 11.8 Å². The lowest BCUT2D eigenvalue weighted by Gasteiger charge is -2.10. The number of nitrogens with one attached hydrogen (secondary N) is 2. The normalized spacial score (nSPS) is 10.8. The number of amides is 2. The van der Waals surface area contributed by atoms with Gasteiger partial charge in [0, 0.05) is 5.69 Å². The number of benzene rings is 2. The fourth-order valence-electron chi connectivity index (χ4n) is 3.51. The van der Waals surface area contributed by atoms with Gasteiger partial charge in [0.1, 0.15) is 17.4 Å². The molecule has 2 aromatic heterocycles. The lowest BCUT2D eigenvalue weighted by atomic mass is 10.1. The van der Waals surface area contributed by atoms with Crippen LogP contribution in [0, 0.1) is 32.4 Å². The molecule has 0 saturated carbocycles. The van der Waals surface area contributed by atoms with Crippen molar-refractivity contribution in [1.82, 2.24) is 9.78 Å². The summed E-state index contributed by atoms with van der Waals surface area (Å²) in [5.74, 6) is -1.61. The van der Waals surface area contributed by atoms with Crippen LogP contribution in [0.4, 0.5) is 20.2 Å². The Morgan fingerprint density at radius 3 is 2.33 bits per heavy atom. The van der Waals surface area contributed by atoms with E-state index in [0.29, 0.717) is 28.4 Å². The zero-order valence-corrected chi connectivity index (χ0v) is 18.1. The van der Waals surface area contributed by atoms with Crippen LogP contribution in [0.15, 0.2) is 59.2 Å². The van der Waals surface area contributed by atoms with Gasteiger partial charge in [0.05, 0.1) is 40.2 Å². The molecule has 0 atom stereocenters. The predicted molar refractivity (Wildman–Crippen MR) is 119 cm³/mol. The SMILES string of the molecule is Cc1nn(-c2ccc(F)cc2)c(C)c1C(=O)Nc1ccc(F)c(NC(=O)c2ccoc2C)c1. The van der Waals surface area contributed by atoms with E-state index in [1.807, 2.05) is 0 Å². The molecule has 0 aliphatic carbocycles. The number of carbonyl (C=O) groups is 2. The molecule has 33 heavy (non-hydrogen) atoms. The van der Waals surface area contributed by atoms with Crippen LogP contribution in [0.1, 0.15) is 37.9 Å². The standard InChI is InChI=1S/C24H20F2N4O3/c1-13-22(14(2)30(29-13)18-7-4-16(25)5-8-18)24(32)27-17-6-9-20(26)21(12-17)28-23(31)19-10-11-33-15(19)3/h4-12H,1-3H3,(H,27,32)(H,28,31). The summed E-state index contributed by atoms with van der Waals surface area (Å²) in [6.45, 7) is 5.03. The molecule has 2 N–H and O–H groups in total. The second-order valence-corrected chi connectivity index (χ2v) is 7.43. The van der Waals surface area contributed by atoms with E-state index in [-0.39, 0.29) is 22.8 Å². The number of nitrogens with zero attached hydrogens (tertiary/aromatic N) is 2. The topological polar surface area (TPSA) is 89.2 Å². The predicted octanol–water partition coefficient (Wildman–Crippen LogP) is 5.17. The molecule has 7 nitrogen and oxygen atoms in total. The molecule has 4 aromatic rings. The highest BCUT2D eigenvalue weighted by atomic mass is 19.1. The number of anilines is 2. The Bertz CT molecular complexity index is 1360. The van der Waals surface area contributed by atoms with Crippen molar-refractivity contribution in [3.63, 3.8) is 0 Å². The molecular formula is C24H20F2N4O3.